The third kappa shape index (κ3) is 3.18. The van der Waals surface area contributed by atoms with Crippen molar-refractivity contribution >= 4 is 38.5 Å². The summed E-state index contributed by atoms with van der Waals surface area (Å²) in [6.45, 7) is 4.67. The first-order chi connectivity index (χ1) is 9.06. The van der Waals surface area contributed by atoms with Crippen molar-refractivity contribution in [2.24, 2.45) is 0 Å². The Labute approximate surface area is 134 Å². The Morgan fingerprint density at radius 2 is 2.05 bits per heavy atom. The maximum atomic E-state index is 13.8. The van der Waals surface area contributed by atoms with Gasteiger partial charge in [0, 0.05) is 10.0 Å². The van der Waals surface area contributed by atoms with Gasteiger partial charge in [-0.3, -0.25) is 4.68 Å². The smallest absolute Gasteiger partial charge is 0.128 e. The fourth-order valence-electron chi connectivity index (χ4n) is 2.05. The van der Waals surface area contributed by atoms with E-state index < -0.39 is 0 Å². The van der Waals surface area contributed by atoms with Gasteiger partial charge >= 0.3 is 0 Å². The molecule has 0 saturated heterocycles. The number of halogens is 3. The standard InChI is InChI=1S/C14H15BrFIN2/c1-3-12-14(17)13(4-2)19(18-12)8-9-7-10(15)5-6-11(9)16/h5-7H,3-4,8H2,1-2H3. The molecule has 0 aliphatic carbocycles. The van der Waals surface area contributed by atoms with Crippen LogP contribution in [0.3, 0.4) is 0 Å². The topological polar surface area (TPSA) is 17.8 Å². The predicted octanol–water partition coefficient (Wildman–Crippen LogP) is 4.56. The van der Waals surface area contributed by atoms with E-state index in [-0.39, 0.29) is 5.82 Å². The van der Waals surface area contributed by atoms with Crippen molar-refractivity contribution in [3.05, 3.63) is 49.0 Å². The molecule has 0 saturated carbocycles. The van der Waals surface area contributed by atoms with Crippen LogP contribution in [-0.2, 0) is 19.4 Å². The Bertz CT molecular complexity index is 595. The number of benzene rings is 1. The van der Waals surface area contributed by atoms with Gasteiger partial charge in [-0.15, -0.1) is 0 Å². The van der Waals surface area contributed by atoms with Crippen molar-refractivity contribution in [1.29, 1.82) is 0 Å². The van der Waals surface area contributed by atoms with Crippen LogP contribution in [0.15, 0.2) is 22.7 Å². The minimum atomic E-state index is -0.186. The highest BCUT2D eigenvalue weighted by Gasteiger charge is 2.14. The molecule has 1 aromatic heterocycles. The molecule has 1 aromatic carbocycles. The van der Waals surface area contributed by atoms with Gasteiger partial charge in [0.05, 0.1) is 21.5 Å². The van der Waals surface area contributed by atoms with Crippen LogP contribution in [0.1, 0.15) is 30.8 Å². The summed E-state index contributed by atoms with van der Waals surface area (Å²) in [6.07, 6.45) is 1.81. The van der Waals surface area contributed by atoms with E-state index in [4.69, 9.17) is 0 Å². The number of hydrogen-bond acceptors (Lipinski definition) is 1. The van der Waals surface area contributed by atoms with Gasteiger partial charge in [0.2, 0.25) is 0 Å². The molecule has 5 heteroatoms. The second-order valence-corrected chi connectivity index (χ2v) is 6.30. The zero-order valence-electron chi connectivity index (χ0n) is 10.9. The molecule has 0 bridgehead atoms. The van der Waals surface area contributed by atoms with Crippen LogP contribution in [0, 0.1) is 9.39 Å². The number of aryl methyl sites for hydroxylation is 1. The van der Waals surface area contributed by atoms with E-state index in [2.05, 4.69) is 57.5 Å². The third-order valence-corrected chi connectivity index (χ3v) is 4.80. The normalized spacial score (nSPS) is 11.0. The van der Waals surface area contributed by atoms with Crippen LogP contribution in [0.2, 0.25) is 0 Å². The molecule has 0 aliphatic heterocycles. The fourth-order valence-corrected chi connectivity index (χ4v) is 3.61. The van der Waals surface area contributed by atoms with Gasteiger partial charge in [0.15, 0.2) is 0 Å². The molecule has 2 nitrogen and oxygen atoms in total. The van der Waals surface area contributed by atoms with Gasteiger partial charge in [0.25, 0.3) is 0 Å². The molecule has 0 atom stereocenters. The quantitative estimate of drug-likeness (QED) is 0.642. The molecule has 2 rings (SSSR count). The third-order valence-electron chi connectivity index (χ3n) is 3.06. The van der Waals surface area contributed by atoms with E-state index >= 15 is 0 Å². The van der Waals surface area contributed by atoms with E-state index in [1.165, 1.54) is 15.3 Å². The lowest BCUT2D eigenvalue weighted by Gasteiger charge is -2.08. The summed E-state index contributed by atoms with van der Waals surface area (Å²) in [5, 5.41) is 4.59. The molecule has 0 fully saturated rings. The van der Waals surface area contributed by atoms with E-state index in [0.717, 1.165) is 23.0 Å². The van der Waals surface area contributed by atoms with Crippen LogP contribution in [0.25, 0.3) is 0 Å². The Morgan fingerprint density at radius 3 is 2.68 bits per heavy atom. The van der Waals surface area contributed by atoms with Gasteiger partial charge in [-0.05, 0) is 53.6 Å². The molecule has 0 spiro atoms. The number of hydrogen-bond donors (Lipinski definition) is 0. The largest absolute Gasteiger partial charge is 0.264 e. The molecule has 0 amide bonds. The molecule has 0 unspecified atom stereocenters. The molecule has 0 aliphatic rings. The number of nitrogens with zero attached hydrogens (tertiary/aromatic N) is 2. The Balaban J connectivity index is 2.40. The molecule has 0 radical (unpaired) electrons. The molecule has 0 N–H and O–H groups in total. The van der Waals surface area contributed by atoms with Crippen molar-refractivity contribution < 1.29 is 4.39 Å². The first-order valence-electron chi connectivity index (χ1n) is 6.24. The van der Waals surface area contributed by atoms with Crippen molar-refractivity contribution in [3.63, 3.8) is 0 Å². The molecular formula is C14H15BrFIN2. The lowest BCUT2D eigenvalue weighted by atomic mass is 10.2. The summed E-state index contributed by atoms with van der Waals surface area (Å²) in [5.74, 6) is -0.186. The predicted molar refractivity (Wildman–Crippen MR) is 86.9 cm³/mol. The highest BCUT2D eigenvalue weighted by Crippen LogP contribution is 2.21. The van der Waals surface area contributed by atoms with Crippen LogP contribution in [0.4, 0.5) is 4.39 Å². The minimum Gasteiger partial charge on any atom is -0.264 e. The van der Waals surface area contributed by atoms with Crippen molar-refractivity contribution in [2.45, 2.75) is 33.2 Å². The molecule has 2 aromatic rings. The lowest BCUT2D eigenvalue weighted by molar-refractivity contribution is 0.573. The van der Waals surface area contributed by atoms with E-state index in [9.17, 15) is 4.39 Å². The zero-order valence-corrected chi connectivity index (χ0v) is 14.6. The summed E-state index contributed by atoms with van der Waals surface area (Å²) in [7, 11) is 0. The highest BCUT2D eigenvalue weighted by molar-refractivity contribution is 14.1. The van der Waals surface area contributed by atoms with Crippen LogP contribution in [-0.4, -0.2) is 9.78 Å². The zero-order chi connectivity index (χ0) is 14.0. The summed E-state index contributed by atoms with van der Waals surface area (Å²) in [5.41, 5.74) is 2.93. The van der Waals surface area contributed by atoms with Crippen LogP contribution >= 0.6 is 38.5 Å². The summed E-state index contributed by atoms with van der Waals surface area (Å²) >= 11 is 5.71. The molecule has 1 heterocycles. The van der Waals surface area contributed by atoms with Crippen molar-refractivity contribution in [1.82, 2.24) is 9.78 Å². The average molecular weight is 437 g/mol. The van der Waals surface area contributed by atoms with Crippen molar-refractivity contribution in [3.8, 4) is 0 Å². The van der Waals surface area contributed by atoms with E-state index in [0.29, 0.717) is 12.1 Å². The number of rotatable bonds is 4. The van der Waals surface area contributed by atoms with E-state index in [1.807, 2.05) is 10.7 Å². The monoisotopic (exact) mass is 436 g/mol. The van der Waals surface area contributed by atoms with Gasteiger partial charge in [-0.25, -0.2) is 4.39 Å². The lowest BCUT2D eigenvalue weighted by Crippen LogP contribution is -2.08. The van der Waals surface area contributed by atoms with Crippen LogP contribution in [0.5, 0.6) is 0 Å². The first-order valence-corrected chi connectivity index (χ1v) is 8.12. The van der Waals surface area contributed by atoms with Crippen molar-refractivity contribution in [2.75, 3.05) is 0 Å². The second kappa shape index (κ2) is 6.35. The Kier molecular flexibility index (Phi) is 5.00. The Morgan fingerprint density at radius 1 is 1.32 bits per heavy atom. The maximum Gasteiger partial charge on any atom is 0.128 e. The molecule has 102 valence electrons. The summed E-state index contributed by atoms with van der Waals surface area (Å²) in [6, 6.07) is 5.01. The van der Waals surface area contributed by atoms with Crippen LogP contribution < -0.4 is 0 Å². The van der Waals surface area contributed by atoms with Gasteiger partial charge < -0.3 is 0 Å². The van der Waals surface area contributed by atoms with Gasteiger partial charge in [0.1, 0.15) is 5.82 Å². The SMILES string of the molecule is CCc1nn(Cc2cc(Br)ccc2F)c(CC)c1I. The highest BCUT2D eigenvalue weighted by atomic mass is 127. The maximum absolute atomic E-state index is 13.8. The molecular weight excluding hydrogens is 422 g/mol. The Hall–Kier alpha value is -0.430. The van der Waals surface area contributed by atoms with E-state index in [1.54, 1.807) is 6.07 Å². The average Bonchev–Trinajstić information content (AvgIpc) is 2.69. The summed E-state index contributed by atoms with van der Waals surface area (Å²) < 4.78 is 17.8. The molecule has 19 heavy (non-hydrogen) atoms. The van der Waals surface area contributed by atoms with Gasteiger partial charge in [-0.1, -0.05) is 29.8 Å². The first kappa shape index (κ1) is 15.0. The fraction of sp³-hybridized carbons (Fsp3) is 0.357. The number of aromatic nitrogens is 2. The second-order valence-electron chi connectivity index (χ2n) is 4.31. The summed E-state index contributed by atoms with van der Waals surface area (Å²) in [4.78, 5) is 0. The minimum absolute atomic E-state index is 0.186. The van der Waals surface area contributed by atoms with Gasteiger partial charge in [-0.2, -0.15) is 5.10 Å².